The molecule has 0 aliphatic carbocycles. The third-order valence-electron chi connectivity index (χ3n) is 5.47. The Balaban J connectivity index is 1.86. The van der Waals surface area contributed by atoms with E-state index in [2.05, 4.69) is 4.98 Å². The number of hydrogen-bond donors (Lipinski definition) is 2. The molecule has 1 aliphatic heterocycles. The lowest BCUT2D eigenvalue weighted by atomic mass is 10.1. The Morgan fingerprint density at radius 1 is 1.09 bits per heavy atom. The molecular weight excluding hydrogens is 422 g/mol. The number of ether oxygens (including phenoxy) is 2. The summed E-state index contributed by atoms with van der Waals surface area (Å²) in [6, 6.07) is 9.80. The molecule has 0 atom stereocenters. The van der Waals surface area contributed by atoms with Crippen LogP contribution in [-0.2, 0) is 0 Å². The van der Waals surface area contributed by atoms with E-state index in [-0.39, 0.29) is 31.5 Å². The van der Waals surface area contributed by atoms with E-state index in [1.165, 1.54) is 26.4 Å². The SMILES string of the molecule is COc1cc(OC)c2c(N3CCC(F)(F)CC3)nc(-c3ccc(C(=O)NO)cc3)nc2c1. The Hall–Kier alpha value is -3.53. The lowest BCUT2D eigenvalue weighted by Gasteiger charge is -2.33. The van der Waals surface area contributed by atoms with Gasteiger partial charge >= 0.3 is 0 Å². The van der Waals surface area contributed by atoms with Crippen molar-refractivity contribution in [1.82, 2.24) is 15.4 Å². The number of rotatable bonds is 5. The van der Waals surface area contributed by atoms with Crippen molar-refractivity contribution in [3.8, 4) is 22.9 Å². The van der Waals surface area contributed by atoms with Crippen LogP contribution in [0.15, 0.2) is 36.4 Å². The molecule has 10 heteroatoms. The van der Waals surface area contributed by atoms with Gasteiger partial charge in [0.05, 0.1) is 25.1 Å². The Morgan fingerprint density at radius 3 is 2.38 bits per heavy atom. The van der Waals surface area contributed by atoms with E-state index in [1.807, 2.05) is 4.90 Å². The quantitative estimate of drug-likeness (QED) is 0.458. The predicted molar refractivity (Wildman–Crippen MR) is 114 cm³/mol. The normalized spacial score (nSPS) is 15.5. The Morgan fingerprint density at radius 2 is 1.78 bits per heavy atom. The van der Waals surface area contributed by atoms with Gasteiger partial charge in [-0.25, -0.2) is 24.2 Å². The zero-order valence-corrected chi connectivity index (χ0v) is 17.6. The Bertz CT molecular complexity index is 1140. The van der Waals surface area contributed by atoms with Crippen LogP contribution in [0.1, 0.15) is 23.2 Å². The fraction of sp³-hybridized carbons (Fsp3) is 0.318. The minimum Gasteiger partial charge on any atom is -0.497 e. The molecule has 0 unspecified atom stereocenters. The second kappa shape index (κ2) is 8.54. The third kappa shape index (κ3) is 4.13. The van der Waals surface area contributed by atoms with Gasteiger partial charge in [-0.2, -0.15) is 0 Å². The summed E-state index contributed by atoms with van der Waals surface area (Å²) in [5, 5.41) is 9.41. The van der Waals surface area contributed by atoms with Gasteiger partial charge in [-0.05, 0) is 12.1 Å². The largest absolute Gasteiger partial charge is 0.497 e. The van der Waals surface area contributed by atoms with E-state index in [0.29, 0.717) is 39.6 Å². The van der Waals surface area contributed by atoms with Crippen molar-refractivity contribution >= 4 is 22.6 Å². The average molecular weight is 444 g/mol. The first kappa shape index (κ1) is 21.7. The molecule has 3 aromatic rings. The molecule has 2 aromatic carbocycles. The standard InChI is InChI=1S/C22H22F2N4O4/c1-31-15-11-16-18(17(12-15)32-2)20(28-9-7-22(23,24)8-10-28)26-19(25-16)13-3-5-14(6-4-13)21(29)27-30/h3-6,11-12,30H,7-10H2,1-2H3,(H,27,29). The molecule has 0 saturated carbocycles. The number of fused-ring (bicyclic) bond motifs is 1. The van der Waals surface area contributed by atoms with Crippen LogP contribution in [0, 0.1) is 0 Å². The zero-order chi connectivity index (χ0) is 22.9. The van der Waals surface area contributed by atoms with Gasteiger partial charge in [0.25, 0.3) is 11.8 Å². The molecular formula is C22H22F2N4O4. The van der Waals surface area contributed by atoms with Gasteiger partial charge in [0.15, 0.2) is 5.82 Å². The number of aromatic nitrogens is 2. The Labute approximate surface area is 182 Å². The molecule has 0 bridgehead atoms. The van der Waals surface area contributed by atoms with Crippen molar-refractivity contribution in [2.75, 3.05) is 32.2 Å². The molecule has 4 rings (SSSR count). The summed E-state index contributed by atoms with van der Waals surface area (Å²) < 4.78 is 38.4. The van der Waals surface area contributed by atoms with Gasteiger partial charge < -0.3 is 14.4 Å². The van der Waals surface area contributed by atoms with E-state index in [1.54, 1.807) is 29.7 Å². The average Bonchev–Trinajstić information content (AvgIpc) is 2.82. The summed E-state index contributed by atoms with van der Waals surface area (Å²) >= 11 is 0. The summed E-state index contributed by atoms with van der Waals surface area (Å²) in [6.45, 7) is 0.284. The first-order chi connectivity index (χ1) is 15.3. The lowest BCUT2D eigenvalue weighted by molar-refractivity contribution is -0.0221. The maximum Gasteiger partial charge on any atom is 0.274 e. The molecule has 1 amide bonds. The van der Waals surface area contributed by atoms with Gasteiger partial charge in [0.2, 0.25) is 0 Å². The summed E-state index contributed by atoms with van der Waals surface area (Å²) in [7, 11) is 3.04. The van der Waals surface area contributed by atoms with E-state index >= 15 is 0 Å². The molecule has 8 nitrogen and oxygen atoms in total. The summed E-state index contributed by atoms with van der Waals surface area (Å²) in [6.07, 6.45) is -0.533. The predicted octanol–water partition coefficient (Wildman–Crippen LogP) is 3.67. The van der Waals surface area contributed by atoms with Gasteiger partial charge in [-0.15, -0.1) is 0 Å². The van der Waals surface area contributed by atoms with Gasteiger partial charge in [0.1, 0.15) is 17.3 Å². The van der Waals surface area contributed by atoms with E-state index in [9.17, 15) is 13.6 Å². The van der Waals surface area contributed by atoms with Gasteiger partial charge in [-0.3, -0.25) is 10.0 Å². The van der Waals surface area contributed by atoms with Crippen LogP contribution in [0.25, 0.3) is 22.3 Å². The van der Waals surface area contributed by atoms with E-state index < -0.39 is 11.8 Å². The molecule has 168 valence electrons. The third-order valence-corrected chi connectivity index (χ3v) is 5.47. The molecule has 2 heterocycles. The number of nitrogens with zero attached hydrogens (tertiary/aromatic N) is 3. The highest BCUT2D eigenvalue weighted by molar-refractivity contribution is 5.97. The minimum atomic E-state index is -2.70. The van der Waals surface area contributed by atoms with Gasteiger partial charge in [-0.1, -0.05) is 12.1 Å². The van der Waals surface area contributed by atoms with Crippen LogP contribution in [0.2, 0.25) is 0 Å². The van der Waals surface area contributed by atoms with E-state index in [4.69, 9.17) is 19.7 Å². The first-order valence-corrected chi connectivity index (χ1v) is 9.96. The highest BCUT2D eigenvalue weighted by atomic mass is 19.3. The maximum absolute atomic E-state index is 13.8. The van der Waals surface area contributed by atoms with Crippen LogP contribution < -0.4 is 19.9 Å². The molecule has 2 N–H and O–H groups in total. The summed E-state index contributed by atoms with van der Waals surface area (Å²) in [5.41, 5.74) is 3.00. The van der Waals surface area contributed by atoms with Crippen LogP contribution in [0.3, 0.4) is 0 Å². The smallest absolute Gasteiger partial charge is 0.274 e. The highest BCUT2D eigenvalue weighted by Gasteiger charge is 2.35. The molecule has 0 spiro atoms. The number of carbonyl (C=O) groups is 1. The number of benzene rings is 2. The highest BCUT2D eigenvalue weighted by Crippen LogP contribution is 2.39. The summed E-state index contributed by atoms with van der Waals surface area (Å²) in [4.78, 5) is 22.8. The number of hydrogen-bond acceptors (Lipinski definition) is 7. The van der Waals surface area contributed by atoms with Crippen molar-refractivity contribution in [2.24, 2.45) is 0 Å². The minimum absolute atomic E-state index is 0.142. The monoisotopic (exact) mass is 444 g/mol. The molecule has 32 heavy (non-hydrogen) atoms. The number of piperidine rings is 1. The van der Waals surface area contributed by atoms with Crippen LogP contribution in [-0.4, -0.2) is 54.3 Å². The first-order valence-electron chi connectivity index (χ1n) is 9.96. The van der Waals surface area contributed by atoms with Crippen molar-refractivity contribution in [2.45, 2.75) is 18.8 Å². The van der Waals surface area contributed by atoms with Gasteiger partial charge in [0, 0.05) is 49.2 Å². The topological polar surface area (TPSA) is 96.8 Å². The fourth-order valence-corrected chi connectivity index (χ4v) is 3.70. The second-order valence-corrected chi connectivity index (χ2v) is 7.46. The zero-order valence-electron chi connectivity index (χ0n) is 17.6. The number of anilines is 1. The molecule has 1 aliphatic rings. The van der Waals surface area contributed by atoms with Crippen LogP contribution in [0.5, 0.6) is 11.5 Å². The van der Waals surface area contributed by atoms with E-state index in [0.717, 1.165) is 0 Å². The molecule has 1 fully saturated rings. The fourth-order valence-electron chi connectivity index (χ4n) is 3.70. The van der Waals surface area contributed by atoms with Crippen molar-refractivity contribution in [3.63, 3.8) is 0 Å². The van der Waals surface area contributed by atoms with Crippen molar-refractivity contribution in [3.05, 3.63) is 42.0 Å². The number of carbonyl (C=O) groups excluding carboxylic acids is 1. The molecule has 0 radical (unpaired) electrons. The van der Waals surface area contributed by atoms with Crippen LogP contribution in [0.4, 0.5) is 14.6 Å². The summed E-state index contributed by atoms with van der Waals surface area (Å²) in [5.74, 6) is -1.47. The second-order valence-electron chi connectivity index (χ2n) is 7.46. The van der Waals surface area contributed by atoms with Crippen molar-refractivity contribution in [1.29, 1.82) is 0 Å². The number of hydroxylamine groups is 1. The number of methoxy groups -OCH3 is 2. The Kier molecular flexibility index (Phi) is 5.79. The number of alkyl halides is 2. The molecule has 1 aromatic heterocycles. The number of amides is 1. The van der Waals surface area contributed by atoms with Crippen LogP contribution >= 0.6 is 0 Å². The maximum atomic E-state index is 13.8. The molecule has 1 saturated heterocycles. The number of halogens is 2. The number of nitrogens with one attached hydrogen (secondary N) is 1. The lowest BCUT2D eigenvalue weighted by Crippen LogP contribution is -2.40. The van der Waals surface area contributed by atoms with Crippen molar-refractivity contribution < 1.29 is 28.3 Å².